The Hall–Kier alpha value is -1.94. The average Bonchev–Trinajstić information content (AvgIpc) is 2.89. The van der Waals surface area contributed by atoms with E-state index in [2.05, 4.69) is 19.9 Å². The molecule has 4 heteroatoms. The molecular formula is C18H20N2OS. The predicted octanol–water partition coefficient (Wildman–Crippen LogP) is 4.17. The minimum Gasteiger partial charge on any atom is -0.398 e. The molecule has 0 radical (unpaired) electrons. The lowest BCUT2D eigenvalue weighted by atomic mass is 10.00. The van der Waals surface area contributed by atoms with Crippen LogP contribution in [0.5, 0.6) is 0 Å². The Morgan fingerprint density at radius 3 is 2.55 bits per heavy atom. The number of amides is 1. The van der Waals surface area contributed by atoms with Crippen LogP contribution in [0.15, 0.2) is 48.5 Å². The zero-order chi connectivity index (χ0) is 15.7. The first-order chi connectivity index (χ1) is 10.6. The zero-order valence-electron chi connectivity index (χ0n) is 12.8. The Bertz CT molecular complexity index is 699. The van der Waals surface area contributed by atoms with Crippen molar-refractivity contribution in [2.24, 2.45) is 0 Å². The van der Waals surface area contributed by atoms with E-state index in [9.17, 15) is 4.79 Å². The quantitative estimate of drug-likeness (QED) is 0.865. The van der Waals surface area contributed by atoms with Gasteiger partial charge in [0.1, 0.15) is 5.37 Å². The minimum atomic E-state index is -0.0476. The van der Waals surface area contributed by atoms with Crippen LogP contribution in [0.4, 0.5) is 11.4 Å². The second-order valence-electron chi connectivity index (χ2n) is 5.77. The molecule has 3 rings (SSSR count). The Balaban J connectivity index is 2.08. The standard InChI is InChI=1S/C18H20N2OS/c1-12(2)13-7-4-6-10-16(13)20-17(21)11-22-18(20)14-8-3-5-9-15(14)19/h3-10,12,18H,11,19H2,1-2H3/t18-/m0/s1. The number of carbonyl (C=O) groups is 1. The van der Waals surface area contributed by atoms with Crippen molar-refractivity contribution in [3.8, 4) is 0 Å². The van der Waals surface area contributed by atoms with E-state index in [4.69, 9.17) is 5.73 Å². The largest absolute Gasteiger partial charge is 0.398 e. The normalized spacial score (nSPS) is 18.2. The van der Waals surface area contributed by atoms with Gasteiger partial charge in [-0.05, 0) is 23.6 Å². The van der Waals surface area contributed by atoms with Gasteiger partial charge in [-0.15, -0.1) is 11.8 Å². The highest BCUT2D eigenvalue weighted by Gasteiger charge is 2.36. The summed E-state index contributed by atoms with van der Waals surface area (Å²) >= 11 is 1.64. The van der Waals surface area contributed by atoms with Crippen molar-refractivity contribution in [1.29, 1.82) is 0 Å². The Morgan fingerprint density at radius 2 is 1.82 bits per heavy atom. The summed E-state index contributed by atoms with van der Waals surface area (Å²) in [7, 11) is 0. The molecule has 0 bridgehead atoms. The molecule has 1 aliphatic rings. The van der Waals surface area contributed by atoms with Gasteiger partial charge in [0.05, 0.1) is 5.75 Å². The monoisotopic (exact) mass is 312 g/mol. The first-order valence-corrected chi connectivity index (χ1v) is 8.51. The molecule has 2 N–H and O–H groups in total. The van der Waals surface area contributed by atoms with Gasteiger partial charge in [-0.1, -0.05) is 50.2 Å². The summed E-state index contributed by atoms with van der Waals surface area (Å²) in [5.74, 6) is 1.00. The van der Waals surface area contributed by atoms with Crippen molar-refractivity contribution < 1.29 is 4.79 Å². The number of nitrogen functional groups attached to an aromatic ring is 1. The van der Waals surface area contributed by atoms with Gasteiger partial charge in [-0.2, -0.15) is 0 Å². The third-order valence-corrected chi connectivity index (χ3v) is 5.14. The number of carbonyl (C=O) groups excluding carboxylic acids is 1. The molecule has 1 atom stereocenters. The van der Waals surface area contributed by atoms with Crippen LogP contribution < -0.4 is 10.6 Å². The average molecular weight is 312 g/mol. The zero-order valence-corrected chi connectivity index (χ0v) is 13.6. The molecule has 0 spiro atoms. The van der Waals surface area contributed by atoms with Gasteiger partial charge in [0.15, 0.2) is 0 Å². The molecule has 2 aromatic carbocycles. The maximum absolute atomic E-state index is 12.5. The number of thioether (sulfide) groups is 1. The van der Waals surface area contributed by atoms with Gasteiger partial charge in [0.25, 0.3) is 0 Å². The molecule has 1 aliphatic heterocycles. The van der Waals surface area contributed by atoms with Crippen LogP contribution in [0.25, 0.3) is 0 Å². The fourth-order valence-electron chi connectivity index (χ4n) is 2.85. The maximum atomic E-state index is 12.5. The molecular weight excluding hydrogens is 292 g/mol. The molecule has 0 aliphatic carbocycles. The van der Waals surface area contributed by atoms with Crippen molar-refractivity contribution in [1.82, 2.24) is 0 Å². The first kappa shape index (κ1) is 15.0. The Labute approximate surface area is 135 Å². The minimum absolute atomic E-state index is 0.0476. The molecule has 1 heterocycles. The summed E-state index contributed by atoms with van der Waals surface area (Å²) in [6, 6.07) is 15.9. The van der Waals surface area contributed by atoms with Crippen molar-refractivity contribution in [3.05, 3.63) is 59.7 Å². The highest BCUT2D eigenvalue weighted by Crippen LogP contribution is 2.45. The number of hydrogen-bond donors (Lipinski definition) is 1. The van der Waals surface area contributed by atoms with E-state index in [1.54, 1.807) is 11.8 Å². The summed E-state index contributed by atoms with van der Waals surface area (Å²) in [5, 5.41) is -0.0476. The molecule has 114 valence electrons. The number of para-hydroxylation sites is 2. The van der Waals surface area contributed by atoms with Crippen molar-refractivity contribution in [2.45, 2.75) is 25.1 Å². The van der Waals surface area contributed by atoms with Crippen LogP contribution in [0, 0.1) is 0 Å². The molecule has 2 aromatic rings. The van der Waals surface area contributed by atoms with Crippen LogP contribution >= 0.6 is 11.8 Å². The maximum Gasteiger partial charge on any atom is 0.238 e. The molecule has 0 aromatic heterocycles. The lowest BCUT2D eigenvalue weighted by Crippen LogP contribution is -2.29. The molecule has 1 amide bonds. The summed E-state index contributed by atoms with van der Waals surface area (Å²) in [6.07, 6.45) is 0. The summed E-state index contributed by atoms with van der Waals surface area (Å²) in [6.45, 7) is 4.30. The summed E-state index contributed by atoms with van der Waals surface area (Å²) in [5.41, 5.74) is 10.1. The number of nitrogens with zero attached hydrogens (tertiary/aromatic N) is 1. The van der Waals surface area contributed by atoms with Crippen LogP contribution in [0.3, 0.4) is 0 Å². The molecule has 0 saturated carbocycles. The third-order valence-electron chi connectivity index (χ3n) is 3.95. The second kappa shape index (κ2) is 6.05. The molecule has 1 saturated heterocycles. The van der Waals surface area contributed by atoms with Gasteiger partial charge >= 0.3 is 0 Å². The van der Waals surface area contributed by atoms with E-state index in [-0.39, 0.29) is 11.3 Å². The van der Waals surface area contributed by atoms with E-state index in [1.807, 2.05) is 47.4 Å². The van der Waals surface area contributed by atoms with Crippen molar-refractivity contribution >= 4 is 29.0 Å². The van der Waals surface area contributed by atoms with Gasteiger partial charge in [0, 0.05) is 16.9 Å². The topological polar surface area (TPSA) is 46.3 Å². The first-order valence-electron chi connectivity index (χ1n) is 7.46. The molecule has 3 nitrogen and oxygen atoms in total. The molecule has 0 unspecified atom stereocenters. The summed E-state index contributed by atoms with van der Waals surface area (Å²) < 4.78 is 0. The number of anilines is 2. The van der Waals surface area contributed by atoms with E-state index >= 15 is 0 Å². The van der Waals surface area contributed by atoms with Gasteiger partial charge in [-0.3, -0.25) is 9.69 Å². The van der Waals surface area contributed by atoms with Crippen molar-refractivity contribution in [3.63, 3.8) is 0 Å². The smallest absolute Gasteiger partial charge is 0.238 e. The highest BCUT2D eigenvalue weighted by atomic mass is 32.2. The Kier molecular flexibility index (Phi) is 4.12. The molecule has 22 heavy (non-hydrogen) atoms. The Morgan fingerprint density at radius 1 is 1.14 bits per heavy atom. The number of benzene rings is 2. The van der Waals surface area contributed by atoms with E-state index in [1.165, 1.54) is 5.56 Å². The van der Waals surface area contributed by atoms with E-state index < -0.39 is 0 Å². The van der Waals surface area contributed by atoms with Crippen LogP contribution in [0.1, 0.15) is 36.3 Å². The highest BCUT2D eigenvalue weighted by molar-refractivity contribution is 8.00. The molecule has 1 fully saturated rings. The van der Waals surface area contributed by atoms with Crippen molar-refractivity contribution in [2.75, 3.05) is 16.4 Å². The van der Waals surface area contributed by atoms with E-state index in [0.29, 0.717) is 11.7 Å². The SMILES string of the molecule is CC(C)c1ccccc1N1C(=O)CS[C@H]1c1ccccc1N. The van der Waals surface area contributed by atoms with E-state index in [0.717, 1.165) is 16.9 Å². The summed E-state index contributed by atoms with van der Waals surface area (Å²) in [4.78, 5) is 14.4. The second-order valence-corrected chi connectivity index (χ2v) is 6.84. The van der Waals surface area contributed by atoms with Crippen LogP contribution in [-0.4, -0.2) is 11.7 Å². The van der Waals surface area contributed by atoms with Gasteiger partial charge < -0.3 is 5.73 Å². The lowest BCUT2D eigenvalue weighted by Gasteiger charge is -2.28. The lowest BCUT2D eigenvalue weighted by molar-refractivity contribution is -0.115. The van der Waals surface area contributed by atoms with Gasteiger partial charge in [-0.25, -0.2) is 0 Å². The number of hydrogen-bond acceptors (Lipinski definition) is 3. The predicted molar refractivity (Wildman–Crippen MR) is 94.1 cm³/mol. The fraction of sp³-hybridized carbons (Fsp3) is 0.278. The number of nitrogens with two attached hydrogens (primary N) is 1. The fourth-order valence-corrected chi connectivity index (χ4v) is 4.06. The van der Waals surface area contributed by atoms with Crippen LogP contribution in [-0.2, 0) is 4.79 Å². The van der Waals surface area contributed by atoms with Crippen LogP contribution in [0.2, 0.25) is 0 Å². The number of rotatable bonds is 3. The third kappa shape index (κ3) is 2.59. The van der Waals surface area contributed by atoms with Gasteiger partial charge in [0.2, 0.25) is 5.91 Å².